The zero-order valence-electron chi connectivity index (χ0n) is 14.5. The summed E-state index contributed by atoms with van der Waals surface area (Å²) in [5, 5.41) is 13.6. The minimum absolute atomic E-state index is 0.0840. The molecule has 0 bridgehead atoms. The van der Waals surface area contributed by atoms with Gasteiger partial charge in [0.25, 0.3) is 0 Å². The van der Waals surface area contributed by atoms with Crippen LogP contribution in [-0.4, -0.2) is 32.2 Å². The number of alkyl halides is 3. The number of carbonyl (C=O) groups excluding carboxylic acids is 1. The number of hydrogen-bond donors (Lipinski definition) is 1. The number of carbonyl (C=O) groups is 1. The Hall–Kier alpha value is -2.35. The Balaban J connectivity index is 1.92. The maximum Gasteiger partial charge on any atom is 0.435 e. The molecule has 0 radical (unpaired) electrons. The Labute approximate surface area is 149 Å². The van der Waals surface area contributed by atoms with Crippen LogP contribution in [0.1, 0.15) is 48.4 Å². The molecule has 1 fully saturated rings. The summed E-state index contributed by atoms with van der Waals surface area (Å²) in [5.41, 5.74) is 0.345. The van der Waals surface area contributed by atoms with Gasteiger partial charge < -0.3 is 10.0 Å². The second-order valence-corrected chi connectivity index (χ2v) is 6.53. The van der Waals surface area contributed by atoms with Crippen LogP contribution < -0.4 is 0 Å². The molecule has 1 aromatic carbocycles. The first-order chi connectivity index (χ1) is 12.2. The van der Waals surface area contributed by atoms with E-state index in [2.05, 4.69) is 5.10 Å². The molecule has 140 valence electrons. The number of benzene rings is 1. The van der Waals surface area contributed by atoms with Gasteiger partial charge in [0.1, 0.15) is 0 Å². The lowest BCUT2D eigenvalue weighted by molar-refractivity contribution is -0.141. The predicted molar refractivity (Wildman–Crippen MR) is 88.6 cm³/mol. The summed E-state index contributed by atoms with van der Waals surface area (Å²) in [5.74, 6) is 0.114. The molecule has 1 aliphatic rings. The molecule has 2 aromatic rings. The van der Waals surface area contributed by atoms with E-state index in [1.165, 1.54) is 13.8 Å². The molecule has 26 heavy (non-hydrogen) atoms. The van der Waals surface area contributed by atoms with Crippen molar-refractivity contribution in [2.45, 2.75) is 45.5 Å². The van der Waals surface area contributed by atoms with Gasteiger partial charge in [0.15, 0.2) is 5.69 Å². The molecule has 3 rings (SSSR count). The fourth-order valence-electron chi connectivity index (χ4n) is 3.30. The molecule has 1 unspecified atom stereocenters. The quantitative estimate of drug-likeness (QED) is 0.901. The summed E-state index contributed by atoms with van der Waals surface area (Å²) >= 11 is 0. The number of nitrogens with zero attached hydrogens (tertiary/aromatic N) is 3. The van der Waals surface area contributed by atoms with Crippen LogP contribution in [0.15, 0.2) is 24.3 Å². The monoisotopic (exact) mass is 367 g/mol. The molecule has 1 atom stereocenters. The van der Waals surface area contributed by atoms with Gasteiger partial charge >= 0.3 is 6.18 Å². The van der Waals surface area contributed by atoms with Crippen molar-refractivity contribution in [3.05, 3.63) is 46.8 Å². The Morgan fingerprint density at radius 1 is 1.27 bits per heavy atom. The highest BCUT2D eigenvalue weighted by Crippen LogP contribution is 2.35. The topological polar surface area (TPSA) is 58.4 Å². The van der Waals surface area contributed by atoms with E-state index in [1.54, 1.807) is 29.2 Å². The van der Waals surface area contributed by atoms with Gasteiger partial charge in [0.2, 0.25) is 5.91 Å². The molecule has 1 aromatic heterocycles. The lowest BCUT2D eigenvalue weighted by atomic mass is 10.1. The lowest BCUT2D eigenvalue weighted by Crippen LogP contribution is -2.23. The van der Waals surface area contributed by atoms with E-state index in [1.807, 2.05) is 0 Å². The third-order valence-corrected chi connectivity index (χ3v) is 4.56. The van der Waals surface area contributed by atoms with Crippen molar-refractivity contribution in [2.75, 3.05) is 6.54 Å². The summed E-state index contributed by atoms with van der Waals surface area (Å²) in [6.07, 6.45) is -4.28. The van der Waals surface area contributed by atoms with Crippen LogP contribution in [0.3, 0.4) is 0 Å². The molecular weight excluding hydrogens is 347 g/mol. The summed E-state index contributed by atoms with van der Waals surface area (Å²) in [7, 11) is 0. The molecule has 1 amide bonds. The van der Waals surface area contributed by atoms with Gasteiger partial charge in [-0.1, -0.05) is 12.1 Å². The maximum atomic E-state index is 13.2. The number of likely N-dealkylation sites (tertiary alicyclic amines) is 1. The molecule has 0 saturated carbocycles. The normalized spacial score (nSPS) is 16.4. The minimum Gasteiger partial charge on any atom is -0.387 e. The Morgan fingerprint density at radius 2 is 1.92 bits per heavy atom. The number of aliphatic hydroxyl groups is 1. The smallest absolute Gasteiger partial charge is 0.387 e. The standard InChI is InChI=1S/C18H20F3N3O2/c1-11-16(12(2)25)24(22-17(11)18(19,20)21)14-7-5-13(6-8-14)10-23-9-3-4-15(23)26/h5-8,12,25H,3-4,9-10H2,1-2H3. The Morgan fingerprint density at radius 3 is 2.42 bits per heavy atom. The number of aliphatic hydroxyl groups excluding tert-OH is 1. The first-order valence-corrected chi connectivity index (χ1v) is 8.40. The van der Waals surface area contributed by atoms with Crippen molar-refractivity contribution < 1.29 is 23.1 Å². The van der Waals surface area contributed by atoms with E-state index in [9.17, 15) is 23.1 Å². The van der Waals surface area contributed by atoms with Crippen molar-refractivity contribution in [1.82, 2.24) is 14.7 Å². The van der Waals surface area contributed by atoms with Gasteiger partial charge in [-0.2, -0.15) is 18.3 Å². The molecule has 1 saturated heterocycles. The SMILES string of the molecule is Cc1c(C(F)(F)F)nn(-c2ccc(CN3CCCC3=O)cc2)c1C(C)O. The van der Waals surface area contributed by atoms with E-state index < -0.39 is 18.0 Å². The van der Waals surface area contributed by atoms with Gasteiger partial charge in [-0.25, -0.2) is 4.68 Å². The second-order valence-electron chi connectivity index (χ2n) is 6.53. The van der Waals surface area contributed by atoms with Gasteiger partial charge in [-0.05, 0) is 38.0 Å². The van der Waals surface area contributed by atoms with Crippen molar-refractivity contribution in [1.29, 1.82) is 0 Å². The highest BCUT2D eigenvalue weighted by Gasteiger charge is 2.38. The fourth-order valence-corrected chi connectivity index (χ4v) is 3.30. The van der Waals surface area contributed by atoms with Crippen LogP contribution in [-0.2, 0) is 17.5 Å². The van der Waals surface area contributed by atoms with Crippen LogP contribution in [0.2, 0.25) is 0 Å². The first kappa shape index (κ1) is 18.4. The zero-order chi connectivity index (χ0) is 19.1. The number of halogens is 3. The van der Waals surface area contributed by atoms with Crippen molar-refractivity contribution in [2.24, 2.45) is 0 Å². The van der Waals surface area contributed by atoms with E-state index in [0.29, 0.717) is 18.7 Å². The molecule has 5 nitrogen and oxygen atoms in total. The highest BCUT2D eigenvalue weighted by molar-refractivity contribution is 5.78. The van der Waals surface area contributed by atoms with Gasteiger partial charge in [0, 0.05) is 25.1 Å². The van der Waals surface area contributed by atoms with Crippen molar-refractivity contribution in [3.63, 3.8) is 0 Å². The number of aromatic nitrogens is 2. The second kappa shape index (κ2) is 6.75. The lowest BCUT2D eigenvalue weighted by Gasteiger charge is -2.16. The van der Waals surface area contributed by atoms with Crippen LogP contribution in [0.25, 0.3) is 5.69 Å². The molecule has 2 heterocycles. The summed E-state index contributed by atoms with van der Waals surface area (Å²) in [6.45, 7) is 3.92. The van der Waals surface area contributed by atoms with Crippen LogP contribution >= 0.6 is 0 Å². The van der Waals surface area contributed by atoms with Crippen LogP contribution in [0.5, 0.6) is 0 Å². The summed E-state index contributed by atoms with van der Waals surface area (Å²) in [6, 6.07) is 6.82. The predicted octanol–water partition coefficient (Wildman–Crippen LogP) is 3.38. The average Bonchev–Trinajstić information content (AvgIpc) is 3.11. The van der Waals surface area contributed by atoms with Gasteiger partial charge in [-0.3, -0.25) is 4.79 Å². The maximum absolute atomic E-state index is 13.2. The first-order valence-electron chi connectivity index (χ1n) is 8.40. The van der Waals surface area contributed by atoms with Crippen LogP contribution in [0.4, 0.5) is 13.2 Å². The zero-order valence-corrected chi connectivity index (χ0v) is 14.5. The molecule has 8 heteroatoms. The van der Waals surface area contributed by atoms with E-state index in [-0.39, 0.29) is 17.2 Å². The number of rotatable bonds is 4. The van der Waals surface area contributed by atoms with Crippen molar-refractivity contribution in [3.8, 4) is 5.69 Å². The average molecular weight is 367 g/mol. The number of hydrogen-bond acceptors (Lipinski definition) is 3. The molecule has 0 aliphatic carbocycles. The van der Waals surface area contributed by atoms with Crippen LogP contribution in [0, 0.1) is 6.92 Å². The third-order valence-electron chi connectivity index (χ3n) is 4.56. The Kier molecular flexibility index (Phi) is 4.79. The van der Waals surface area contributed by atoms with E-state index in [4.69, 9.17) is 0 Å². The molecule has 0 spiro atoms. The summed E-state index contributed by atoms with van der Waals surface area (Å²) in [4.78, 5) is 13.5. The number of amides is 1. The fraction of sp³-hybridized carbons (Fsp3) is 0.444. The molecule has 1 aliphatic heterocycles. The highest BCUT2D eigenvalue weighted by atomic mass is 19.4. The van der Waals surface area contributed by atoms with Gasteiger partial charge in [-0.15, -0.1) is 0 Å². The third kappa shape index (κ3) is 3.46. The van der Waals surface area contributed by atoms with E-state index in [0.717, 1.165) is 23.2 Å². The van der Waals surface area contributed by atoms with Crippen molar-refractivity contribution >= 4 is 5.91 Å². The largest absolute Gasteiger partial charge is 0.435 e. The molecular formula is C18H20F3N3O2. The summed E-state index contributed by atoms with van der Waals surface area (Å²) < 4.78 is 40.6. The minimum atomic E-state index is -4.59. The van der Waals surface area contributed by atoms with E-state index >= 15 is 0 Å². The molecule has 1 N–H and O–H groups in total. The Bertz CT molecular complexity index is 810. The van der Waals surface area contributed by atoms with Gasteiger partial charge in [0.05, 0.1) is 17.5 Å².